The lowest BCUT2D eigenvalue weighted by Crippen LogP contribution is -2.34. The van der Waals surface area contributed by atoms with Crippen molar-refractivity contribution in [3.63, 3.8) is 0 Å². The SMILES string of the molecule is OCC#Cc1ccc(-c2nc3nc(OC4CO[C@@H]5C(O)CO[C@H]45)[nH]c3cc2Cl)cc1. The normalized spacial score (nSPS) is 25.2. The van der Waals surface area contributed by atoms with Crippen molar-refractivity contribution in [2.24, 2.45) is 0 Å². The van der Waals surface area contributed by atoms with Gasteiger partial charge in [0.15, 0.2) is 11.8 Å². The molecular weight excluding hydrogens is 410 g/mol. The third-order valence-electron chi connectivity index (χ3n) is 5.12. The highest BCUT2D eigenvalue weighted by molar-refractivity contribution is 6.33. The fourth-order valence-corrected chi connectivity index (χ4v) is 3.96. The third kappa shape index (κ3) is 3.51. The van der Waals surface area contributed by atoms with Crippen LogP contribution >= 0.6 is 11.6 Å². The number of ether oxygens (including phenoxy) is 3. The lowest BCUT2D eigenvalue weighted by Gasteiger charge is -2.15. The summed E-state index contributed by atoms with van der Waals surface area (Å²) in [5.41, 5.74) is 3.32. The first kappa shape index (κ1) is 19.3. The van der Waals surface area contributed by atoms with Crippen LogP contribution in [-0.2, 0) is 9.47 Å². The number of H-pyrrole nitrogens is 1. The number of aromatic nitrogens is 3. The summed E-state index contributed by atoms with van der Waals surface area (Å²) in [5.74, 6) is 5.46. The number of aliphatic hydroxyl groups excluding tert-OH is 2. The monoisotopic (exact) mass is 427 g/mol. The molecule has 3 N–H and O–H groups in total. The van der Waals surface area contributed by atoms with Crippen LogP contribution < -0.4 is 4.74 Å². The van der Waals surface area contributed by atoms with Gasteiger partial charge in [0, 0.05) is 11.1 Å². The van der Waals surface area contributed by atoms with E-state index in [-0.39, 0.29) is 31.5 Å². The van der Waals surface area contributed by atoms with E-state index in [9.17, 15) is 5.11 Å². The van der Waals surface area contributed by atoms with Gasteiger partial charge in [-0.3, -0.25) is 0 Å². The fourth-order valence-electron chi connectivity index (χ4n) is 3.70. The van der Waals surface area contributed by atoms with E-state index in [1.165, 1.54) is 0 Å². The predicted octanol–water partition coefficient (Wildman–Crippen LogP) is 1.53. The topological polar surface area (TPSA) is 110 Å². The van der Waals surface area contributed by atoms with Crippen LogP contribution in [0.2, 0.25) is 5.02 Å². The molecule has 2 aromatic heterocycles. The van der Waals surface area contributed by atoms with E-state index in [1.54, 1.807) is 6.07 Å². The molecule has 4 heterocycles. The van der Waals surface area contributed by atoms with E-state index < -0.39 is 6.10 Å². The molecule has 2 aliphatic heterocycles. The molecule has 0 saturated carbocycles. The minimum absolute atomic E-state index is 0.184. The summed E-state index contributed by atoms with van der Waals surface area (Å²) >= 11 is 6.45. The zero-order chi connectivity index (χ0) is 20.7. The van der Waals surface area contributed by atoms with Crippen molar-refractivity contribution in [2.75, 3.05) is 19.8 Å². The molecule has 30 heavy (non-hydrogen) atoms. The Bertz CT molecular complexity index is 1140. The van der Waals surface area contributed by atoms with Gasteiger partial charge in [-0.25, -0.2) is 4.98 Å². The predicted molar refractivity (Wildman–Crippen MR) is 108 cm³/mol. The number of aromatic amines is 1. The molecule has 3 aromatic rings. The molecule has 5 rings (SSSR count). The number of pyridine rings is 1. The molecule has 0 amide bonds. The van der Waals surface area contributed by atoms with Gasteiger partial charge in [-0.1, -0.05) is 35.6 Å². The van der Waals surface area contributed by atoms with E-state index in [0.717, 1.165) is 11.1 Å². The molecule has 2 unspecified atom stereocenters. The number of nitrogens with zero attached hydrogens (tertiary/aromatic N) is 2. The van der Waals surface area contributed by atoms with Gasteiger partial charge < -0.3 is 29.4 Å². The van der Waals surface area contributed by atoms with Gasteiger partial charge in [0.05, 0.1) is 29.4 Å². The summed E-state index contributed by atoms with van der Waals surface area (Å²) in [6.45, 7) is 0.366. The average molecular weight is 428 g/mol. The second-order valence-electron chi connectivity index (χ2n) is 7.09. The van der Waals surface area contributed by atoms with Crippen LogP contribution in [-0.4, -0.2) is 69.4 Å². The van der Waals surface area contributed by atoms with Crippen molar-refractivity contribution < 1.29 is 24.4 Å². The van der Waals surface area contributed by atoms with Crippen LogP contribution in [0.5, 0.6) is 6.01 Å². The number of halogens is 1. The lowest BCUT2D eigenvalue weighted by molar-refractivity contribution is 0.00706. The highest BCUT2D eigenvalue weighted by atomic mass is 35.5. The van der Waals surface area contributed by atoms with Crippen molar-refractivity contribution >= 4 is 22.8 Å². The zero-order valence-electron chi connectivity index (χ0n) is 15.7. The van der Waals surface area contributed by atoms with Crippen LogP contribution in [0.15, 0.2) is 30.3 Å². The summed E-state index contributed by atoms with van der Waals surface area (Å²) in [4.78, 5) is 12.1. The molecule has 4 atom stereocenters. The number of nitrogens with one attached hydrogen (secondary N) is 1. The lowest BCUT2D eigenvalue weighted by atomic mass is 10.1. The number of fused-ring (bicyclic) bond motifs is 2. The van der Waals surface area contributed by atoms with Crippen LogP contribution in [0.4, 0.5) is 0 Å². The Morgan fingerprint density at radius 3 is 2.77 bits per heavy atom. The molecule has 0 aliphatic carbocycles. The number of rotatable bonds is 3. The van der Waals surface area contributed by atoms with Crippen LogP contribution in [0.25, 0.3) is 22.4 Å². The smallest absolute Gasteiger partial charge is 0.296 e. The van der Waals surface area contributed by atoms with Gasteiger partial charge in [0.25, 0.3) is 6.01 Å². The van der Waals surface area contributed by atoms with Crippen molar-refractivity contribution in [2.45, 2.75) is 24.4 Å². The highest BCUT2D eigenvalue weighted by Crippen LogP contribution is 2.32. The molecule has 2 fully saturated rings. The van der Waals surface area contributed by atoms with Crippen LogP contribution in [0.3, 0.4) is 0 Å². The molecule has 9 heteroatoms. The second-order valence-corrected chi connectivity index (χ2v) is 7.50. The zero-order valence-corrected chi connectivity index (χ0v) is 16.5. The standard InChI is InChI=1S/C21H18ClN3O5/c22-13-8-14-20(24-17(13)12-5-3-11(4-6-12)2-1-7-26)25-21(23-14)30-16-10-29-18-15(27)9-28-19(16)18/h3-6,8,15-16,18-19,26-27H,7,9-10H2,(H,23,24,25)/t15?,16?,18-,19-/m1/s1. The van der Waals surface area contributed by atoms with Crippen LogP contribution in [0.1, 0.15) is 5.56 Å². The molecular formula is C21H18ClN3O5. The van der Waals surface area contributed by atoms with Crippen LogP contribution in [0, 0.1) is 11.8 Å². The molecule has 0 bridgehead atoms. The van der Waals surface area contributed by atoms with E-state index in [1.807, 2.05) is 24.3 Å². The average Bonchev–Trinajstić information content (AvgIpc) is 3.43. The summed E-state index contributed by atoms with van der Waals surface area (Å²) in [6, 6.07) is 9.45. The number of hydrogen-bond donors (Lipinski definition) is 3. The Balaban J connectivity index is 1.39. The minimum atomic E-state index is -0.636. The van der Waals surface area contributed by atoms with Gasteiger partial charge >= 0.3 is 0 Å². The molecule has 2 aliphatic rings. The first-order valence-corrected chi connectivity index (χ1v) is 9.84. The number of aliphatic hydroxyl groups is 2. The van der Waals surface area contributed by atoms with Gasteiger partial charge in [-0.2, -0.15) is 4.98 Å². The van der Waals surface area contributed by atoms with E-state index in [2.05, 4.69) is 26.8 Å². The maximum absolute atomic E-state index is 9.85. The molecule has 0 spiro atoms. The maximum atomic E-state index is 9.85. The second kappa shape index (κ2) is 7.87. The molecule has 154 valence electrons. The van der Waals surface area contributed by atoms with E-state index >= 15 is 0 Å². The van der Waals surface area contributed by atoms with Gasteiger partial charge in [-0.05, 0) is 18.2 Å². The third-order valence-corrected chi connectivity index (χ3v) is 5.41. The van der Waals surface area contributed by atoms with Gasteiger partial charge in [0.1, 0.15) is 24.9 Å². The van der Waals surface area contributed by atoms with Gasteiger partial charge in [0.2, 0.25) is 0 Å². The summed E-state index contributed by atoms with van der Waals surface area (Å²) in [7, 11) is 0. The Morgan fingerprint density at radius 1 is 1.17 bits per heavy atom. The van der Waals surface area contributed by atoms with E-state index in [0.29, 0.717) is 34.5 Å². The molecule has 1 aromatic carbocycles. The fraction of sp³-hybridized carbons (Fsp3) is 0.333. The van der Waals surface area contributed by atoms with Gasteiger partial charge in [-0.15, -0.1) is 0 Å². The molecule has 2 saturated heterocycles. The first-order valence-electron chi connectivity index (χ1n) is 9.47. The van der Waals surface area contributed by atoms with Crippen molar-refractivity contribution in [3.8, 4) is 29.1 Å². The Morgan fingerprint density at radius 2 is 1.97 bits per heavy atom. The first-order chi connectivity index (χ1) is 14.6. The summed E-state index contributed by atoms with van der Waals surface area (Å²) in [5, 5.41) is 19.1. The number of imidazole rings is 1. The number of benzene rings is 1. The highest BCUT2D eigenvalue weighted by Gasteiger charge is 2.48. The summed E-state index contributed by atoms with van der Waals surface area (Å²) < 4.78 is 17.1. The number of hydrogen-bond acceptors (Lipinski definition) is 7. The Hall–Kier alpha value is -2.67. The Kier molecular flexibility index (Phi) is 5.06. The quantitative estimate of drug-likeness (QED) is 0.544. The maximum Gasteiger partial charge on any atom is 0.296 e. The van der Waals surface area contributed by atoms with E-state index in [4.69, 9.17) is 30.9 Å². The minimum Gasteiger partial charge on any atom is -0.456 e. The summed E-state index contributed by atoms with van der Waals surface area (Å²) in [6.07, 6.45) is -1.70. The molecule has 8 nitrogen and oxygen atoms in total. The molecule has 0 radical (unpaired) electrons. The van der Waals surface area contributed by atoms with Crippen molar-refractivity contribution in [3.05, 3.63) is 40.9 Å². The largest absolute Gasteiger partial charge is 0.456 e. The van der Waals surface area contributed by atoms with Crippen molar-refractivity contribution in [1.82, 2.24) is 15.0 Å². The Labute approximate surface area is 176 Å². The van der Waals surface area contributed by atoms with Crippen molar-refractivity contribution in [1.29, 1.82) is 0 Å².